The third kappa shape index (κ3) is 3.46. The minimum Gasteiger partial charge on any atom is -0.286 e. The fourth-order valence-corrected chi connectivity index (χ4v) is 4.40. The van der Waals surface area contributed by atoms with Crippen LogP contribution in [-0.2, 0) is 5.41 Å². The SMILES string of the molecule is C1=CC(c2ccccc2)(c2ccccc2)CCC1=NC1CCCCC1. The highest BCUT2D eigenvalue weighted by atomic mass is 14.8. The summed E-state index contributed by atoms with van der Waals surface area (Å²) >= 11 is 0. The molecule has 2 aromatic carbocycles. The van der Waals surface area contributed by atoms with Crippen molar-refractivity contribution in [1.82, 2.24) is 0 Å². The van der Waals surface area contributed by atoms with E-state index in [1.807, 2.05) is 0 Å². The molecule has 0 aliphatic heterocycles. The van der Waals surface area contributed by atoms with Crippen molar-refractivity contribution in [1.29, 1.82) is 0 Å². The number of allylic oxidation sites excluding steroid dienone is 2. The molecule has 0 atom stereocenters. The first-order valence-corrected chi connectivity index (χ1v) is 9.74. The molecule has 0 unspecified atom stereocenters. The van der Waals surface area contributed by atoms with Crippen molar-refractivity contribution in [2.24, 2.45) is 4.99 Å². The molecule has 1 nitrogen and oxygen atoms in total. The van der Waals surface area contributed by atoms with Crippen LogP contribution in [0.1, 0.15) is 56.1 Å². The van der Waals surface area contributed by atoms with Gasteiger partial charge in [-0.1, -0.05) is 86.0 Å². The fourth-order valence-electron chi connectivity index (χ4n) is 4.40. The van der Waals surface area contributed by atoms with Gasteiger partial charge in [-0.2, -0.15) is 0 Å². The molecule has 128 valence electrons. The Kier molecular flexibility index (Phi) is 4.83. The summed E-state index contributed by atoms with van der Waals surface area (Å²) in [5, 5.41) is 0. The van der Waals surface area contributed by atoms with Gasteiger partial charge in [-0.3, -0.25) is 4.99 Å². The topological polar surface area (TPSA) is 12.4 Å². The fraction of sp³-hybridized carbons (Fsp3) is 0.375. The largest absolute Gasteiger partial charge is 0.286 e. The highest BCUT2D eigenvalue weighted by Crippen LogP contribution is 2.40. The van der Waals surface area contributed by atoms with Crippen LogP contribution in [-0.4, -0.2) is 11.8 Å². The molecule has 1 saturated carbocycles. The van der Waals surface area contributed by atoms with Crippen LogP contribution in [0.2, 0.25) is 0 Å². The monoisotopic (exact) mass is 329 g/mol. The van der Waals surface area contributed by atoms with Crippen molar-refractivity contribution in [3.8, 4) is 0 Å². The van der Waals surface area contributed by atoms with E-state index < -0.39 is 0 Å². The predicted molar refractivity (Wildman–Crippen MR) is 106 cm³/mol. The Balaban J connectivity index is 1.67. The molecular weight excluding hydrogens is 302 g/mol. The summed E-state index contributed by atoms with van der Waals surface area (Å²) in [6.45, 7) is 0. The standard InChI is InChI=1S/C24H27N/c1-4-10-20(11-5-1)24(21-12-6-2-7-13-21)18-16-23(17-19-24)25-22-14-8-3-9-15-22/h1-2,4-7,10-13,16,18,22H,3,8-9,14-15,17,19H2. The van der Waals surface area contributed by atoms with Crippen LogP contribution >= 0.6 is 0 Å². The Morgan fingerprint density at radius 3 is 1.88 bits per heavy atom. The normalized spacial score (nSPS) is 22.2. The molecule has 25 heavy (non-hydrogen) atoms. The summed E-state index contributed by atoms with van der Waals surface area (Å²) in [4.78, 5) is 5.08. The van der Waals surface area contributed by atoms with Gasteiger partial charge in [-0.15, -0.1) is 0 Å². The zero-order chi connectivity index (χ0) is 17.0. The number of nitrogens with zero attached hydrogens (tertiary/aromatic N) is 1. The summed E-state index contributed by atoms with van der Waals surface area (Å²) in [5.41, 5.74) is 4.05. The van der Waals surface area contributed by atoms with Gasteiger partial charge in [0, 0.05) is 11.1 Å². The van der Waals surface area contributed by atoms with E-state index in [4.69, 9.17) is 4.99 Å². The molecule has 0 spiro atoms. The van der Waals surface area contributed by atoms with Crippen molar-refractivity contribution in [3.05, 3.63) is 83.9 Å². The zero-order valence-electron chi connectivity index (χ0n) is 14.9. The van der Waals surface area contributed by atoms with Gasteiger partial charge in [0.1, 0.15) is 0 Å². The van der Waals surface area contributed by atoms with E-state index >= 15 is 0 Å². The Hall–Kier alpha value is -2.15. The lowest BCUT2D eigenvalue weighted by Crippen LogP contribution is -2.29. The van der Waals surface area contributed by atoms with E-state index in [0.717, 1.165) is 12.8 Å². The van der Waals surface area contributed by atoms with Gasteiger partial charge < -0.3 is 0 Å². The van der Waals surface area contributed by atoms with Crippen LogP contribution in [0.15, 0.2) is 77.8 Å². The molecule has 0 bridgehead atoms. The van der Waals surface area contributed by atoms with Crippen molar-refractivity contribution >= 4 is 5.71 Å². The van der Waals surface area contributed by atoms with E-state index in [0.29, 0.717) is 6.04 Å². The molecular formula is C24H27N. The van der Waals surface area contributed by atoms with Crippen molar-refractivity contribution < 1.29 is 0 Å². The second-order valence-electron chi connectivity index (χ2n) is 7.45. The molecule has 0 amide bonds. The maximum Gasteiger partial charge on any atom is 0.0502 e. The van der Waals surface area contributed by atoms with Crippen molar-refractivity contribution in [2.75, 3.05) is 0 Å². The Morgan fingerprint density at radius 1 is 0.760 bits per heavy atom. The number of benzene rings is 2. The summed E-state index contributed by atoms with van der Waals surface area (Å²) in [5.74, 6) is 0. The van der Waals surface area contributed by atoms with E-state index in [9.17, 15) is 0 Å². The Bertz CT molecular complexity index is 697. The first kappa shape index (κ1) is 16.3. The van der Waals surface area contributed by atoms with Crippen LogP contribution in [0.5, 0.6) is 0 Å². The second kappa shape index (κ2) is 7.39. The average Bonchev–Trinajstić information content (AvgIpc) is 2.71. The lowest BCUT2D eigenvalue weighted by molar-refractivity contribution is 0.442. The van der Waals surface area contributed by atoms with Crippen LogP contribution in [0.3, 0.4) is 0 Å². The quantitative estimate of drug-likeness (QED) is 0.645. The van der Waals surface area contributed by atoms with Gasteiger partial charge in [0.05, 0.1) is 6.04 Å². The Morgan fingerprint density at radius 2 is 1.36 bits per heavy atom. The molecule has 1 fully saturated rings. The minimum absolute atomic E-state index is 0.0197. The zero-order valence-corrected chi connectivity index (χ0v) is 14.9. The summed E-state index contributed by atoms with van der Waals surface area (Å²) in [6, 6.07) is 22.4. The maximum atomic E-state index is 5.08. The van der Waals surface area contributed by atoms with Gasteiger partial charge in [-0.05, 0) is 42.9 Å². The van der Waals surface area contributed by atoms with E-state index in [1.165, 1.54) is 48.9 Å². The molecule has 0 radical (unpaired) electrons. The van der Waals surface area contributed by atoms with Gasteiger partial charge in [0.15, 0.2) is 0 Å². The Labute approximate surface area is 151 Å². The first-order valence-electron chi connectivity index (χ1n) is 9.74. The van der Waals surface area contributed by atoms with Crippen LogP contribution < -0.4 is 0 Å². The van der Waals surface area contributed by atoms with Gasteiger partial charge in [0.25, 0.3) is 0 Å². The molecule has 0 heterocycles. The number of hydrogen-bond acceptors (Lipinski definition) is 1. The lowest BCUT2D eigenvalue weighted by atomic mass is 9.68. The molecule has 1 heteroatoms. The van der Waals surface area contributed by atoms with Gasteiger partial charge >= 0.3 is 0 Å². The average molecular weight is 329 g/mol. The van der Waals surface area contributed by atoms with Crippen molar-refractivity contribution in [2.45, 2.75) is 56.4 Å². The first-order chi connectivity index (χ1) is 12.4. The molecule has 0 N–H and O–H groups in total. The third-order valence-corrected chi connectivity index (χ3v) is 5.84. The molecule has 2 aliphatic rings. The lowest BCUT2D eigenvalue weighted by Gasteiger charge is -2.35. The molecule has 2 aromatic rings. The van der Waals surface area contributed by atoms with E-state index in [1.54, 1.807) is 0 Å². The number of aliphatic imine (C=N–C) groups is 1. The maximum absolute atomic E-state index is 5.08. The number of rotatable bonds is 3. The highest BCUT2D eigenvalue weighted by molar-refractivity contribution is 5.96. The van der Waals surface area contributed by atoms with Crippen molar-refractivity contribution in [3.63, 3.8) is 0 Å². The molecule has 2 aliphatic carbocycles. The predicted octanol–water partition coefficient (Wildman–Crippen LogP) is 6.10. The van der Waals surface area contributed by atoms with Gasteiger partial charge in [-0.25, -0.2) is 0 Å². The second-order valence-corrected chi connectivity index (χ2v) is 7.45. The minimum atomic E-state index is -0.0197. The summed E-state index contributed by atoms with van der Waals surface area (Å²) < 4.78 is 0. The summed E-state index contributed by atoms with van der Waals surface area (Å²) in [6.07, 6.45) is 13.5. The molecule has 0 saturated heterocycles. The number of hydrogen-bond donors (Lipinski definition) is 0. The smallest absolute Gasteiger partial charge is 0.0502 e. The highest BCUT2D eigenvalue weighted by Gasteiger charge is 2.33. The summed E-state index contributed by atoms with van der Waals surface area (Å²) in [7, 11) is 0. The van der Waals surface area contributed by atoms with E-state index in [2.05, 4.69) is 72.8 Å². The third-order valence-electron chi connectivity index (χ3n) is 5.84. The molecule has 4 rings (SSSR count). The molecule has 0 aromatic heterocycles. The van der Waals surface area contributed by atoms with Crippen LogP contribution in [0.4, 0.5) is 0 Å². The van der Waals surface area contributed by atoms with Crippen LogP contribution in [0.25, 0.3) is 0 Å². The van der Waals surface area contributed by atoms with E-state index in [-0.39, 0.29) is 5.41 Å². The van der Waals surface area contributed by atoms with Gasteiger partial charge in [0.2, 0.25) is 0 Å². The van der Waals surface area contributed by atoms with Crippen LogP contribution in [0, 0.1) is 0 Å².